The normalized spacial score (nSPS) is 10.8. The van der Waals surface area contributed by atoms with Crippen molar-refractivity contribution in [3.63, 3.8) is 0 Å². The maximum atomic E-state index is 11.4. The van der Waals surface area contributed by atoms with Crippen LogP contribution in [0.15, 0.2) is 24.3 Å². The van der Waals surface area contributed by atoms with Crippen LogP contribution in [0.4, 0.5) is 0 Å². The molecule has 0 amide bonds. The van der Waals surface area contributed by atoms with Crippen LogP contribution in [-0.4, -0.2) is 35.2 Å². The summed E-state index contributed by atoms with van der Waals surface area (Å²) in [4.78, 5) is 39.5. The second-order valence-corrected chi connectivity index (χ2v) is 4.88. The van der Waals surface area contributed by atoms with Crippen LogP contribution >= 0.6 is 7.60 Å². The van der Waals surface area contributed by atoms with E-state index in [1.807, 2.05) is 0 Å². The molecule has 0 spiro atoms. The molecule has 1 aromatic carbocycles. The molecule has 0 saturated carbocycles. The zero-order chi connectivity index (χ0) is 13.8. The van der Waals surface area contributed by atoms with Crippen LogP contribution in [0.5, 0.6) is 0 Å². The van der Waals surface area contributed by atoms with E-state index in [0.717, 1.165) is 0 Å². The van der Waals surface area contributed by atoms with Crippen molar-refractivity contribution in [2.75, 3.05) is 13.5 Å². The third-order valence-corrected chi connectivity index (χ3v) is 2.37. The summed E-state index contributed by atoms with van der Waals surface area (Å²) in [6.07, 6.45) is -0.982. The van der Waals surface area contributed by atoms with Crippen molar-refractivity contribution in [2.45, 2.75) is 0 Å². The third-order valence-electron chi connectivity index (χ3n) is 1.91. The SMILES string of the molecule is COC(=O)c1ccc(C(=O)OCP(=O)(O)O)cc1. The van der Waals surface area contributed by atoms with Crippen molar-refractivity contribution >= 4 is 19.5 Å². The molecule has 0 aliphatic carbocycles. The van der Waals surface area contributed by atoms with Crippen LogP contribution in [0.3, 0.4) is 0 Å². The van der Waals surface area contributed by atoms with E-state index in [2.05, 4.69) is 9.47 Å². The summed E-state index contributed by atoms with van der Waals surface area (Å²) in [6.45, 7) is 0. The lowest BCUT2D eigenvalue weighted by molar-refractivity contribution is 0.0547. The van der Waals surface area contributed by atoms with E-state index in [0.29, 0.717) is 0 Å². The highest BCUT2D eigenvalue weighted by molar-refractivity contribution is 7.51. The summed E-state index contributed by atoms with van der Waals surface area (Å²) < 4.78 is 19.4. The zero-order valence-electron chi connectivity index (χ0n) is 9.40. The molecular weight excluding hydrogens is 263 g/mol. The quantitative estimate of drug-likeness (QED) is 0.616. The van der Waals surface area contributed by atoms with Gasteiger partial charge >= 0.3 is 19.5 Å². The fourth-order valence-corrected chi connectivity index (χ4v) is 1.37. The van der Waals surface area contributed by atoms with Crippen molar-refractivity contribution in [2.24, 2.45) is 0 Å². The molecule has 1 aromatic rings. The minimum Gasteiger partial charge on any atom is -0.465 e. The molecule has 0 aromatic heterocycles. The van der Waals surface area contributed by atoms with Crippen LogP contribution in [0.1, 0.15) is 20.7 Å². The van der Waals surface area contributed by atoms with Gasteiger partial charge in [-0.25, -0.2) is 9.59 Å². The molecule has 0 aliphatic rings. The van der Waals surface area contributed by atoms with Crippen LogP contribution in [-0.2, 0) is 14.0 Å². The summed E-state index contributed by atoms with van der Waals surface area (Å²) in [5.41, 5.74) is 0.333. The molecule has 1 rings (SSSR count). The minimum atomic E-state index is -4.39. The Bertz CT molecular complexity index is 487. The Morgan fingerprint density at radius 2 is 1.56 bits per heavy atom. The zero-order valence-corrected chi connectivity index (χ0v) is 10.3. The van der Waals surface area contributed by atoms with E-state index in [1.165, 1.54) is 31.4 Å². The topological polar surface area (TPSA) is 110 Å². The van der Waals surface area contributed by atoms with Gasteiger partial charge < -0.3 is 19.3 Å². The molecule has 0 fully saturated rings. The second-order valence-electron chi connectivity index (χ2n) is 3.29. The molecule has 7 nitrogen and oxygen atoms in total. The highest BCUT2D eigenvalue weighted by Crippen LogP contribution is 2.34. The summed E-state index contributed by atoms with van der Waals surface area (Å²) in [5.74, 6) is -1.43. The first-order chi connectivity index (χ1) is 8.33. The Morgan fingerprint density at radius 1 is 1.11 bits per heavy atom. The van der Waals surface area contributed by atoms with E-state index < -0.39 is 25.9 Å². The van der Waals surface area contributed by atoms with E-state index in [9.17, 15) is 14.2 Å². The lowest BCUT2D eigenvalue weighted by atomic mass is 10.1. The van der Waals surface area contributed by atoms with Gasteiger partial charge in [0.15, 0.2) is 6.35 Å². The van der Waals surface area contributed by atoms with E-state index >= 15 is 0 Å². The van der Waals surface area contributed by atoms with Gasteiger partial charge in [-0.3, -0.25) is 4.57 Å². The molecule has 8 heteroatoms. The highest BCUT2D eigenvalue weighted by Gasteiger charge is 2.17. The van der Waals surface area contributed by atoms with Gasteiger partial charge in [-0.1, -0.05) is 0 Å². The number of hydrogen-bond acceptors (Lipinski definition) is 5. The third kappa shape index (κ3) is 4.29. The molecule has 2 N–H and O–H groups in total. The maximum absolute atomic E-state index is 11.4. The number of carbonyl (C=O) groups excluding carboxylic acids is 2. The molecule has 0 unspecified atom stereocenters. The van der Waals surface area contributed by atoms with E-state index in [-0.39, 0.29) is 11.1 Å². The number of carbonyl (C=O) groups is 2. The predicted octanol–water partition coefficient (Wildman–Crippen LogP) is 0.765. The molecule has 98 valence electrons. The average molecular weight is 274 g/mol. The van der Waals surface area contributed by atoms with Crippen LogP contribution < -0.4 is 0 Å². The van der Waals surface area contributed by atoms with Gasteiger partial charge in [-0.15, -0.1) is 0 Å². The van der Waals surface area contributed by atoms with Crippen molar-refractivity contribution < 1.29 is 33.4 Å². The Hall–Kier alpha value is -1.69. The maximum Gasteiger partial charge on any atom is 0.362 e. The van der Waals surface area contributed by atoms with Gasteiger partial charge in [0.1, 0.15) is 0 Å². The largest absolute Gasteiger partial charge is 0.465 e. The fourth-order valence-electron chi connectivity index (χ4n) is 1.09. The van der Waals surface area contributed by atoms with Crippen molar-refractivity contribution in [1.82, 2.24) is 0 Å². The molecule has 0 radical (unpaired) electrons. The van der Waals surface area contributed by atoms with Gasteiger partial charge in [0.05, 0.1) is 18.2 Å². The van der Waals surface area contributed by atoms with E-state index in [1.54, 1.807) is 0 Å². The fraction of sp³-hybridized carbons (Fsp3) is 0.200. The van der Waals surface area contributed by atoms with Gasteiger partial charge in [0, 0.05) is 0 Å². The molecule has 0 heterocycles. The summed E-state index contributed by atoms with van der Waals surface area (Å²) in [7, 11) is -3.16. The van der Waals surface area contributed by atoms with Gasteiger partial charge in [0.25, 0.3) is 0 Å². The Kier molecular flexibility index (Phi) is 4.61. The number of esters is 2. The second kappa shape index (κ2) is 5.77. The Labute approximate surface area is 102 Å². The predicted molar refractivity (Wildman–Crippen MR) is 60.1 cm³/mol. The van der Waals surface area contributed by atoms with Crippen molar-refractivity contribution in [1.29, 1.82) is 0 Å². The van der Waals surface area contributed by atoms with E-state index in [4.69, 9.17) is 9.79 Å². The van der Waals surface area contributed by atoms with Gasteiger partial charge in [-0.05, 0) is 24.3 Å². The van der Waals surface area contributed by atoms with Crippen LogP contribution in [0, 0.1) is 0 Å². The van der Waals surface area contributed by atoms with Crippen molar-refractivity contribution in [3.05, 3.63) is 35.4 Å². The van der Waals surface area contributed by atoms with Crippen molar-refractivity contribution in [3.8, 4) is 0 Å². The monoisotopic (exact) mass is 274 g/mol. The number of rotatable bonds is 4. The molecular formula is C10H11O7P. The number of ether oxygens (including phenoxy) is 2. The number of hydrogen-bond donors (Lipinski definition) is 2. The first-order valence-corrected chi connectivity index (χ1v) is 6.53. The number of benzene rings is 1. The van der Waals surface area contributed by atoms with Crippen LogP contribution in [0.25, 0.3) is 0 Å². The standard InChI is InChI=1S/C10H11O7P/c1-16-9(11)7-2-4-8(5-3-7)10(12)17-6-18(13,14)15/h2-5H,6H2,1H3,(H2,13,14,15). The number of methoxy groups -OCH3 is 1. The first kappa shape index (κ1) is 14.4. The molecule has 0 atom stereocenters. The van der Waals surface area contributed by atoms with Crippen LogP contribution in [0.2, 0.25) is 0 Å². The van der Waals surface area contributed by atoms with Gasteiger partial charge in [-0.2, -0.15) is 0 Å². The Balaban J connectivity index is 2.71. The smallest absolute Gasteiger partial charge is 0.362 e. The molecule has 0 saturated heterocycles. The lowest BCUT2D eigenvalue weighted by Crippen LogP contribution is -2.07. The van der Waals surface area contributed by atoms with Gasteiger partial charge in [0.2, 0.25) is 0 Å². The lowest BCUT2D eigenvalue weighted by Gasteiger charge is -2.06. The summed E-state index contributed by atoms with van der Waals surface area (Å²) >= 11 is 0. The summed E-state index contributed by atoms with van der Waals surface area (Å²) in [6, 6.07) is 5.29. The molecule has 0 bridgehead atoms. The first-order valence-electron chi connectivity index (χ1n) is 4.73. The highest BCUT2D eigenvalue weighted by atomic mass is 31.2. The molecule has 18 heavy (non-hydrogen) atoms. The molecule has 0 aliphatic heterocycles. The summed E-state index contributed by atoms with van der Waals surface area (Å²) in [5, 5.41) is 0. The average Bonchev–Trinajstić information content (AvgIpc) is 2.34. The Morgan fingerprint density at radius 3 is 1.94 bits per heavy atom. The minimum absolute atomic E-state index is 0.0797.